The van der Waals surface area contributed by atoms with Crippen LogP contribution in [0.4, 0.5) is 0 Å². The molecule has 2 aliphatic carbocycles. The van der Waals surface area contributed by atoms with Crippen LogP contribution in [-0.2, 0) is 24.0 Å². The Morgan fingerprint density at radius 2 is 1.54 bits per heavy atom. The van der Waals surface area contributed by atoms with Crippen molar-refractivity contribution in [3.05, 3.63) is 0 Å². The number of amides is 1. The van der Waals surface area contributed by atoms with Crippen molar-refractivity contribution >= 4 is 29.0 Å². The second-order valence-corrected chi connectivity index (χ2v) is 15.1. The van der Waals surface area contributed by atoms with E-state index in [1.807, 2.05) is 41.5 Å². The van der Waals surface area contributed by atoms with Crippen molar-refractivity contribution in [1.82, 2.24) is 4.90 Å². The summed E-state index contributed by atoms with van der Waals surface area (Å²) in [5, 5.41) is 0. The molecule has 6 heteroatoms. The average Bonchev–Trinajstić information content (AvgIpc) is 3.06. The standard InChI is InChI=1S/C31H49NO5/c1-18(33)27(36)20(13-19-11-10-12-19)14-24(35)26-25-23(31(25,8)9)17-32(26)28(37)22(30(5,6)7)15-21(34)16-29(2,3)4/h19-20,22-23,25-26H,10-17H2,1-9H3/t20-,22-,23+,25+,26-/m1/s1. The predicted molar refractivity (Wildman–Crippen MR) is 144 cm³/mol. The van der Waals surface area contributed by atoms with Crippen molar-refractivity contribution in [2.24, 2.45) is 45.8 Å². The highest BCUT2D eigenvalue weighted by Gasteiger charge is 2.69. The Bertz CT molecular complexity index is 946. The minimum Gasteiger partial charge on any atom is -0.332 e. The minimum atomic E-state index is -0.597. The number of carbonyl (C=O) groups is 5. The molecule has 1 amide bonds. The molecular formula is C31H49NO5. The lowest BCUT2D eigenvalue weighted by Gasteiger charge is -2.38. The highest BCUT2D eigenvalue weighted by molar-refractivity contribution is 6.37. The first-order chi connectivity index (χ1) is 16.8. The van der Waals surface area contributed by atoms with Gasteiger partial charge in [0.15, 0.2) is 11.6 Å². The van der Waals surface area contributed by atoms with Gasteiger partial charge in [0.05, 0.1) is 6.04 Å². The molecule has 0 aromatic heterocycles. The number of likely N-dealkylation sites (tertiary alicyclic amines) is 1. The smallest absolute Gasteiger partial charge is 0.227 e. The Balaban J connectivity index is 1.83. The first-order valence-electron chi connectivity index (χ1n) is 14.2. The van der Waals surface area contributed by atoms with E-state index < -0.39 is 34.9 Å². The topological polar surface area (TPSA) is 88.6 Å². The van der Waals surface area contributed by atoms with Crippen LogP contribution in [-0.4, -0.2) is 46.5 Å². The van der Waals surface area contributed by atoms with E-state index in [1.54, 1.807) is 4.90 Å². The molecule has 1 aliphatic heterocycles. The zero-order chi connectivity index (χ0) is 28.1. The van der Waals surface area contributed by atoms with Gasteiger partial charge < -0.3 is 4.90 Å². The van der Waals surface area contributed by atoms with Crippen LogP contribution < -0.4 is 0 Å². The van der Waals surface area contributed by atoms with E-state index in [4.69, 9.17) is 0 Å². The summed E-state index contributed by atoms with van der Waals surface area (Å²) in [5.74, 6) is -1.51. The van der Waals surface area contributed by atoms with Gasteiger partial charge in [-0.15, -0.1) is 0 Å². The third-order valence-electron chi connectivity index (χ3n) is 9.33. The van der Waals surface area contributed by atoms with Crippen molar-refractivity contribution in [1.29, 1.82) is 0 Å². The molecule has 0 aromatic rings. The number of carbonyl (C=O) groups excluding carboxylic acids is 5. The Kier molecular flexibility index (Phi) is 8.33. The molecule has 3 rings (SSSR count). The monoisotopic (exact) mass is 515 g/mol. The van der Waals surface area contributed by atoms with E-state index in [-0.39, 0.29) is 53.0 Å². The van der Waals surface area contributed by atoms with Crippen molar-refractivity contribution in [2.75, 3.05) is 6.54 Å². The lowest BCUT2D eigenvalue weighted by molar-refractivity contribution is -0.148. The highest BCUT2D eigenvalue weighted by atomic mass is 16.2. The number of nitrogens with zero attached hydrogens (tertiary/aromatic N) is 1. The predicted octanol–water partition coefficient (Wildman–Crippen LogP) is 5.45. The van der Waals surface area contributed by atoms with Gasteiger partial charge in [-0.3, -0.25) is 24.0 Å². The fraction of sp³-hybridized carbons (Fsp3) is 0.839. The van der Waals surface area contributed by atoms with Crippen LogP contribution in [0.5, 0.6) is 0 Å². The van der Waals surface area contributed by atoms with Gasteiger partial charge >= 0.3 is 0 Å². The molecule has 1 saturated heterocycles. The van der Waals surface area contributed by atoms with Crippen molar-refractivity contribution in [2.45, 2.75) is 113 Å². The number of fused-ring (bicyclic) bond motifs is 1. The summed E-state index contributed by atoms with van der Waals surface area (Å²) in [7, 11) is 0. The van der Waals surface area contributed by atoms with Crippen LogP contribution >= 0.6 is 0 Å². The van der Waals surface area contributed by atoms with E-state index in [1.165, 1.54) is 6.92 Å². The lowest BCUT2D eigenvalue weighted by atomic mass is 9.74. The second kappa shape index (κ2) is 10.4. The summed E-state index contributed by atoms with van der Waals surface area (Å²) >= 11 is 0. The normalized spacial score (nSPS) is 26.6. The number of hydrogen-bond acceptors (Lipinski definition) is 5. The number of Topliss-reactive ketones (excluding diaryl/α,β-unsaturated/α-hetero) is 4. The van der Waals surface area contributed by atoms with E-state index in [9.17, 15) is 24.0 Å². The van der Waals surface area contributed by atoms with E-state index in [0.29, 0.717) is 25.3 Å². The second-order valence-electron chi connectivity index (χ2n) is 15.1. The number of piperidine rings is 1. The molecule has 0 radical (unpaired) electrons. The molecule has 0 spiro atoms. The molecule has 0 N–H and O–H groups in total. The molecule has 3 fully saturated rings. The van der Waals surface area contributed by atoms with E-state index in [0.717, 1.165) is 19.3 Å². The summed E-state index contributed by atoms with van der Waals surface area (Å²) in [4.78, 5) is 67.3. The Morgan fingerprint density at radius 3 is 2.00 bits per heavy atom. The van der Waals surface area contributed by atoms with Gasteiger partial charge in [0.25, 0.3) is 0 Å². The van der Waals surface area contributed by atoms with Crippen molar-refractivity contribution in [3.63, 3.8) is 0 Å². The summed E-state index contributed by atoms with van der Waals surface area (Å²) in [6.07, 6.45) is 4.38. The molecule has 37 heavy (non-hydrogen) atoms. The number of ketones is 4. The quantitative estimate of drug-likeness (QED) is 0.341. The Labute approximate surface area is 223 Å². The van der Waals surface area contributed by atoms with Gasteiger partial charge in [0.2, 0.25) is 11.7 Å². The van der Waals surface area contributed by atoms with Gasteiger partial charge in [0.1, 0.15) is 5.78 Å². The summed E-state index contributed by atoms with van der Waals surface area (Å²) in [5.41, 5.74) is -0.624. The summed E-state index contributed by atoms with van der Waals surface area (Å²) < 4.78 is 0. The van der Waals surface area contributed by atoms with Gasteiger partial charge in [-0.25, -0.2) is 0 Å². The maximum Gasteiger partial charge on any atom is 0.227 e. The highest BCUT2D eigenvalue weighted by Crippen LogP contribution is 2.65. The first kappa shape index (κ1) is 29.7. The molecule has 2 saturated carbocycles. The van der Waals surface area contributed by atoms with Crippen LogP contribution in [0, 0.1) is 45.8 Å². The minimum absolute atomic E-state index is 0.0196. The third kappa shape index (κ3) is 6.60. The van der Waals surface area contributed by atoms with Crippen molar-refractivity contribution in [3.8, 4) is 0 Å². The zero-order valence-corrected chi connectivity index (χ0v) is 24.6. The van der Waals surface area contributed by atoms with E-state index in [2.05, 4.69) is 13.8 Å². The molecule has 5 atom stereocenters. The van der Waals surface area contributed by atoms with Crippen LogP contribution in [0.3, 0.4) is 0 Å². The largest absolute Gasteiger partial charge is 0.332 e. The molecule has 208 valence electrons. The first-order valence-corrected chi connectivity index (χ1v) is 14.2. The lowest BCUT2D eigenvalue weighted by Crippen LogP contribution is -2.51. The SMILES string of the molecule is CC(=O)C(=O)[C@@H](CC(=O)[C@@H]1[C@@H]2[C@H](CN1C(=O)[C@@H](CC(=O)CC(C)(C)C)C(C)(C)C)C2(C)C)CC1CCC1. The van der Waals surface area contributed by atoms with Gasteiger partial charge in [-0.1, -0.05) is 74.7 Å². The molecular weight excluding hydrogens is 466 g/mol. The van der Waals surface area contributed by atoms with Gasteiger partial charge in [0, 0.05) is 44.6 Å². The molecule has 0 unspecified atom stereocenters. The zero-order valence-electron chi connectivity index (χ0n) is 24.6. The van der Waals surface area contributed by atoms with E-state index >= 15 is 0 Å². The van der Waals surface area contributed by atoms with Crippen LogP contribution in [0.1, 0.15) is 107 Å². The van der Waals surface area contributed by atoms with Crippen LogP contribution in [0.15, 0.2) is 0 Å². The molecule has 0 aromatic carbocycles. The average molecular weight is 516 g/mol. The fourth-order valence-corrected chi connectivity index (χ4v) is 6.80. The van der Waals surface area contributed by atoms with Crippen LogP contribution in [0.2, 0.25) is 0 Å². The number of hydrogen-bond donors (Lipinski definition) is 0. The van der Waals surface area contributed by atoms with Crippen molar-refractivity contribution < 1.29 is 24.0 Å². The van der Waals surface area contributed by atoms with Gasteiger partial charge in [-0.05, 0) is 40.4 Å². The maximum atomic E-state index is 14.0. The molecule has 0 bridgehead atoms. The Hall–Kier alpha value is -1.85. The maximum absolute atomic E-state index is 14.0. The number of rotatable bonds is 11. The summed E-state index contributed by atoms with van der Waals surface area (Å²) in [6, 6.07) is -0.585. The van der Waals surface area contributed by atoms with Crippen LogP contribution in [0.25, 0.3) is 0 Å². The third-order valence-corrected chi connectivity index (χ3v) is 9.33. The summed E-state index contributed by atoms with van der Waals surface area (Å²) in [6.45, 7) is 18.1. The fourth-order valence-electron chi connectivity index (χ4n) is 6.80. The molecule has 3 aliphatic rings. The molecule has 6 nitrogen and oxygen atoms in total. The molecule has 1 heterocycles. The Morgan fingerprint density at radius 1 is 0.946 bits per heavy atom. The van der Waals surface area contributed by atoms with Gasteiger partial charge in [-0.2, -0.15) is 0 Å².